The van der Waals surface area contributed by atoms with Crippen LogP contribution in [0, 0.1) is 5.82 Å². The summed E-state index contributed by atoms with van der Waals surface area (Å²) in [5, 5.41) is 2.49. The molecule has 28 heavy (non-hydrogen) atoms. The van der Waals surface area contributed by atoms with E-state index in [0.29, 0.717) is 18.8 Å². The molecule has 150 valence electrons. The summed E-state index contributed by atoms with van der Waals surface area (Å²) in [6.45, 7) is 1.16. The number of hydrogen-bond acceptors (Lipinski definition) is 5. The number of amides is 1. The Balaban J connectivity index is 1.82. The van der Waals surface area contributed by atoms with Gasteiger partial charge in [0.1, 0.15) is 16.5 Å². The highest BCUT2D eigenvalue weighted by atomic mass is 32.2. The molecule has 1 aliphatic heterocycles. The molecule has 0 unspecified atom stereocenters. The lowest BCUT2D eigenvalue weighted by atomic mass is 10.1. The van der Waals surface area contributed by atoms with Gasteiger partial charge in [-0.1, -0.05) is 18.2 Å². The van der Waals surface area contributed by atoms with E-state index < -0.39 is 21.7 Å². The van der Waals surface area contributed by atoms with Gasteiger partial charge in [0.05, 0.1) is 32.4 Å². The van der Waals surface area contributed by atoms with Crippen LogP contribution in [0.2, 0.25) is 0 Å². The summed E-state index contributed by atoms with van der Waals surface area (Å²) < 4.78 is 51.4. The number of anilines is 1. The van der Waals surface area contributed by atoms with Crippen molar-refractivity contribution in [1.29, 1.82) is 0 Å². The summed E-state index contributed by atoms with van der Waals surface area (Å²) in [6.07, 6.45) is -0.107. The number of benzene rings is 2. The molecule has 9 heteroatoms. The number of methoxy groups -OCH3 is 1. The minimum absolute atomic E-state index is 0.00640. The fourth-order valence-corrected chi connectivity index (χ4v) is 4.51. The summed E-state index contributed by atoms with van der Waals surface area (Å²) in [7, 11) is -2.40. The van der Waals surface area contributed by atoms with Gasteiger partial charge < -0.3 is 14.8 Å². The molecule has 0 radical (unpaired) electrons. The number of carbonyl (C=O) groups excluding carboxylic acids is 1. The van der Waals surface area contributed by atoms with Gasteiger partial charge in [0.2, 0.25) is 15.9 Å². The zero-order valence-electron chi connectivity index (χ0n) is 15.4. The molecular weight excluding hydrogens is 387 g/mol. The number of sulfonamides is 1. The molecule has 3 rings (SSSR count). The number of morpholine rings is 1. The average Bonchev–Trinajstić information content (AvgIpc) is 2.70. The number of carbonyl (C=O) groups is 1. The highest BCUT2D eigenvalue weighted by Gasteiger charge is 2.29. The Kier molecular flexibility index (Phi) is 6.28. The van der Waals surface area contributed by atoms with Crippen LogP contribution in [0.4, 0.5) is 10.1 Å². The average molecular weight is 408 g/mol. The third kappa shape index (κ3) is 4.49. The number of nitrogens with zero attached hydrogens (tertiary/aromatic N) is 1. The first kappa shape index (κ1) is 20.2. The molecule has 1 amide bonds. The number of ether oxygens (including phenoxy) is 2. The molecule has 1 saturated heterocycles. The molecule has 0 aliphatic carbocycles. The molecule has 0 spiro atoms. The number of rotatable bonds is 6. The molecule has 1 fully saturated rings. The predicted octanol–water partition coefficient (Wildman–Crippen LogP) is 2.04. The van der Waals surface area contributed by atoms with Crippen LogP contribution in [0.3, 0.4) is 0 Å². The van der Waals surface area contributed by atoms with E-state index in [1.807, 2.05) is 0 Å². The van der Waals surface area contributed by atoms with Gasteiger partial charge >= 0.3 is 0 Å². The Bertz CT molecular complexity index is 959. The van der Waals surface area contributed by atoms with E-state index in [2.05, 4.69) is 5.32 Å². The highest BCUT2D eigenvalue weighted by Crippen LogP contribution is 2.28. The summed E-state index contributed by atoms with van der Waals surface area (Å²) in [6, 6.07) is 10.4. The summed E-state index contributed by atoms with van der Waals surface area (Å²) in [5.74, 6) is -0.795. The SMILES string of the molecule is COc1ccc(CC(=O)Nc2ccccc2F)cc1S(=O)(=O)N1CCOCC1. The van der Waals surface area contributed by atoms with Crippen LogP contribution in [0.5, 0.6) is 5.75 Å². The van der Waals surface area contributed by atoms with Crippen molar-refractivity contribution in [2.75, 3.05) is 38.7 Å². The van der Waals surface area contributed by atoms with Gasteiger partial charge in [-0.15, -0.1) is 0 Å². The first-order chi connectivity index (χ1) is 13.4. The fourth-order valence-electron chi connectivity index (χ4n) is 2.90. The molecule has 0 atom stereocenters. The number of nitrogens with one attached hydrogen (secondary N) is 1. The maximum absolute atomic E-state index is 13.7. The van der Waals surface area contributed by atoms with Crippen molar-refractivity contribution in [2.45, 2.75) is 11.3 Å². The monoisotopic (exact) mass is 408 g/mol. The van der Waals surface area contributed by atoms with Crippen LogP contribution in [0.15, 0.2) is 47.4 Å². The van der Waals surface area contributed by atoms with Crippen LogP contribution in [0.25, 0.3) is 0 Å². The maximum Gasteiger partial charge on any atom is 0.246 e. The van der Waals surface area contributed by atoms with E-state index in [1.54, 1.807) is 12.1 Å². The molecule has 2 aromatic rings. The topological polar surface area (TPSA) is 84.9 Å². The second-order valence-electron chi connectivity index (χ2n) is 6.21. The van der Waals surface area contributed by atoms with E-state index in [1.165, 1.54) is 41.7 Å². The van der Waals surface area contributed by atoms with E-state index in [4.69, 9.17) is 9.47 Å². The predicted molar refractivity (Wildman–Crippen MR) is 101 cm³/mol. The second kappa shape index (κ2) is 8.68. The molecule has 0 bridgehead atoms. The molecule has 7 nitrogen and oxygen atoms in total. The van der Waals surface area contributed by atoms with Crippen LogP contribution in [-0.4, -0.2) is 52.0 Å². The number of hydrogen-bond donors (Lipinski definition) is 1. The summed E-state index contributed by atoms with van der Waals surface area (Å²) in [4.78, 5) is 12.3. The summed E-state index contributed by atoms with van der Waals surface area (Å²) >= 11 is 0. The third-order valence-electron chi connectivity index (χ3n) is 4.33. The third-order valence-corrected chi connectivity index (χ3v) is 6.25. The first-order valence-electron chi connectivity index (χ1n) is 8.71. The van der Waals surface area contributed by atoms with Crippen LogP contribution >= 0.6 is 0 Å². The van der Waals surface area contributed by atoms with E-state index in [-0.39, 0.29) is 35.8 Å². The lowest BCUT2D eigenvalue weighted by Crippen LogP contribution is -2.40. The molecule has 1 heterocycles. The smallest absolute Gasteiger partial charge is 0.246 e. The normalized spacial score (nSPS) is 15.2. The van der Waals surface area contributed by atoms with Crippen molar-refractivity contribution < 1.29 is 27.1 Å². The molecule has 2 aromatic carbocycles. The van der Waals surface area contributed by atoms with Gasteiger partial charge in [0.25, 0.3) is 0 Å². The van der Waals surface area contributed by atoms with Crippen molar-refractivity contribution in [3.8, 4) is 5.75 Å². The molecule has 0 aromatic heterocycles. The van der Waals surface area contributed by atoms with Crippen molar-refractivity contribution in [3.63, 3.8) is 0 Å². The van der Waals surface area contributed by atoms with Crippen molar-refractivity contribution >= 4 is 21.6 Å². The van der Waals surface area contributed by atoms with E-state index in [9.17, 15) is 17.6 Å². The first-order valence-corrected chi connectivity index (χ1v) is 10.1. The second-order valence-corrected chi connectivity index (χ2v) is 8.11. The van der Waals surface area contributed by atoms with Crippen molar-refractivity contribution in [2.24, 2.45) is 0 Å². The molecule has 0 saturated carbocycles. The minimum atomic E-state index is -3.79. The lowest BCUT2D eigenvalue weighted by Gasteiger charge is -2.26. The standard InChI is InChI=1S/C19H21FN2O5S/c1-26-17-7-6-14(13-19(23)21-16-5-3-2-4-15(16)20)12-18(17)28(24,25)22-8-10-27-11-9-22/h2-7,12H,8-11,13H2,1H3,(H,21,23). The molecule has 1 aliphatic rings. The van der Waals surface area contributed by atoms with Crippen LogP contribution < -0.4 is 10.1 Å². The lowest BCUT2D eigenvalue weighted by molar-refractivity contribution is -0.115. The number of para-hydroxylation sites is 1. The van der Waals surface area contributed by atoms with Crippen molar-refractivity contribution in [3.05, 3.63) is 53.8 Å². The van der Waals surface area contributed by atoms with Gasteiger partial charge in [0, 0.05) is 13.1 Å². The zero-order chi connectivity index (χ0) is 20.1. The zero-order valence-corrected chi connectivity index (χ0v) is 16.2. The van der Waals surface area contributed by atoms with E-state index in [0.717, 1.165) is 0 Å². The van der Waals surface area contributed by atoms with Crippen LogP contribution in [-0.2, 0) is 26.0 Å². The summed E-state index contributed by atoms with van der Waals surface area (Å²) in [5.41, 5.74) is 0.545. The quantitative estimate of drug-likeness (QED) is 0.791. The van der Waals surface area contributed by atoms with Gasteiger partial charge in [-0.05, 0) is 29.8 Å². The van der Waals surface area contributed by atoms with Gasteiger partial charge in [-0.25, -0.2) is 12.8 Å². The van der Waals surface area contributed by atoms with E-state index >= 15 is 0 Å². The Hall–Kier alpha value is -2.49. The van der Waals surface area contributed by atoms with Gasteiger partial charge in [-0.2, -0.15) is 4.31 Å². The van der Waals surface area contributed by atoms with Gasteiger partial charge in [0.15, 0.2) is 0 Å². The van der Waals surface area contributed by atoms with Crippen molar-refractivity contribution in [1.82, 2.24) is 4.31 Å². The molecular formula is C19H21FN2O5S. The Morgan fingerprint density at radius 2 is 1.93 bits per heavy atom. The molecule has 1 N–H and O–H groups in total. The Morgan fingerprint density at radius 3 is 2.61 bits per heavy atom. The minimum Gasteiger partial charge on any atom is -0.495 e. The van der Waals surface area contributed by atoms with Gasteiger partial charge in [-0.3, -0.25) is 4.79 Å². The van der Waals surface area contributed by atoms with Crippen LogP contribution in [0.1, 0.15) is 5.56 Å². The largest absolute Gasteiger partial charge is 0.495 e. The Labute approximate surface area is 163 Å². The fraction of sp³-hybridized carbons (Fsp3) is 0.316. The number of halogens is 1. The maximum atomic E-state index is 13.7. The highest BCUT2D eigenvalue weighted by molar-refractivity contribution is 7.89. The Morgan fingerprint density at radius 1 is 1.21 bits per heavy atom.